The van der Waals surface area contributed by atoms with Gasteiger partial charge in [-0.15, -0.1) is 11.3 Å². The molecule has 2 atom stereocenters. The number of nitrogens with one attached hydrogen (secondary N) is 1. The van der Waals surface area contributed by atoms with Gasteiger partial charge in [-0.2, -0.15) is 0 Å². The van der Waals surface area contributed by atoms with Gasteiger partial charge in [-0.25, -0.2) is 0 Å². The van der Waals surface area contributed by atoms with Gasteiger partial charge in [0, 0.05) is 18.0 Å². The van der Waals surface area contributed by atoms with E-state index in [0.29, 0.717) is 12.0 Å². The molecule has 2 unspecified atom stereocenters. The van der Waals surface area contributed by atoms with E-state index in [1.54, 1.807) is 18.4 Å². The number of rotatable bonds is 6. The first-order chi connectivity index (χ1) is 7.58. The van der Waals surface area contributed by atoms with Crippen molar-refractivity contribution in [1.82, 2.24) is 5.32 Å². The highest BCUT2D eigenvalue weighted by atomic mass is 35.5. The van der Waals surface area contributed by atoms with Crippen LogP contribution in [0.2, 0.25) is 4.34 Å². The average molecular weight is 262 g/mol. The molecule has 1 heterocycles. The van der Waals surface area contributed by atoms with Gasteiger partial charge < -0.3 is 10.1 Å². The van der Waals surface area contributed by atoms with Crippen molar-refractivity contribution in [2.24, 2.45) is 5.92 Å². The van der Waals surface area contributed by atoms with E-state index >= 15 is 0 Å². The van der Waals surface area contributed by atoms with E-state index in [0.717, 1.165) is 10.8 Å². The lowest BCUT2D eigenvalue weighted by molar-refractivity contribution is 0.0356. The van der Waals surface area contributed by atoms with Gasteiger partial charge in [0.05, 0.1) is 10.4 Å². The minimum atomic E-state index is 0.228. The van der Waals surface area contributed by atoms with Gasteiger partial charge in [-0.3, -0.25) is 0 Å². The Balaban J connectivity index is 2.67. The number of thiophene rings is 1. The molecule has 0 aromatic carbocycles. The fourth-order valence-corrected chi connectivity index (χ4v) is 3.11. The molecule has 1 N–H and O–H groups in total. The van der Waals surface area contributed by atoms with Crippen molar-refractivity contribution in [2.45, 2.75) is 32.4 Å². The summed E-state index contributed by atoms with van der Waals surface area (Å²) in [5.41, 5.74) is 0. The molecule has 1 aromatic heterocycles. The highest BCUT2D eigenvalue weighted by Gasteiger charge is 2.23. The average Bonchev–Trinajstić information content (AvgIpc) is 2.63. The van der Waals surface area contributed by atoms with E-state index in [9.17, 15) is 0 Å². The summed E-state index contributed by atoms with van der Waals surface area (Å²) in [7, 11) is 3.75. The molecular weight excluding hydrogens is 242 g/mol. The van der Waals surface area contributed by atoms with E-state index in [1.165, 1.54) is 4.88 Å². The van der Waals surface area contributed by atoms with E-state index < -0.39 is 0 Å². The Morgan fingerprint density at radius 2 is 2.12 bits per heavy atom. The molecule has 0 spiro atoms. The lowest BCUT2D eigenvalue weighted by Gasteiger charge is -2.28. The fourth-order valence-electron chi connectivity index (χ4n) is 1.96. The van der Waals surface area contributed by atoms with Gasteiger partial charge in [0.25, 0.3) is 0 Å². The maximum atomic E-state index is 5.93. The number of hydrogen-bond acceptors (Lipinski definition) is 3. The topological polar surface area (TPSA) is 21.3 Å². The van der Waals surface area contributed by atoms with Crippen LogP contribution < -0.4 is 5.32 Å². The zero-order valence-corrected chi connectivity index (χ0v) is 11.9. The Morgan fingerprint density at radius 1 is 1.44 bits per heavy atom. The molecule has 0 fully saturated rings. The van der Waals surface area contributed by atoms with E-state index in [4.69, 9.17) is 16.3 Å². The zero-order chi connectivity index (χ0) is 12.1. The van der Waals surface area contributed by atoms with Gasteiger partial charge in [0.2, 0.25) is 0 Å². The van der Waals surface area contributed by atoms with Crippen molar-refractivity contribution in [3.63, 3.8) is 0 Å². The summed E-state index contributed by atoms with van der Waals surface area (Å²) in [5, 5.41) is 3.33. The SMILES string of the molecule is CNC(Cc1ccc(Cl)s1)C(OC)C(C)C. The molecule has 2 nitrogen and oxygen atoms in total. The monoisotopic (exact) mass is 261 g/mol. The van der Waals surface area contributed by atoms with Crippen LogP contribution in [0.15, 0.2) is 12.1 Å². The fraction of sp³-hybridized carbons (Fsp3) is 0.667. The second kappa shape index (κ2) is 6.60. The van der Waals surface area contributed by atoms with Gasteiger partial charge in [0.1, 0.15) is 0 Å². The largest absolute Gasteiger partial charge is 0.380 e. The van der Waals surface area contributed by atoms with Crippen LogP contribution in [0, 0.1) is 5.92 Å². The van der Waals surface area contributed by atoms with Crippen LogP contribution in [-0.2, 0) is 11.2 Å². The molecule has 0 bridgehead atoms. The zero-order valence-electron chi connectivity index (χ0n) is 10.3. The molecular formula is C12H20ClNOS. The van der Waals surface area contributed by atoms with Crippen molar-refractivity contribution in [1.29, 1.82) is 0 Å². The minimum absolute atomic E-state index is 0.228. The van der Waals surface area contributed by atoms with Crippen molar-refractivity contribution in [2.75, 3.05) is 14.2 Å². The van der Waals surface area contributed by atoms with E-state index in [-0.39, 0.29) is 6.10 Å². The summed E-state index contributed by atoms with van der Waals surface area (Å²) >= 11 is 7.57. The molecule has 16 heavy (non-hydrogen) atoms. The first kappa shape index (κ1) is 14.0. The van der Waals surface area contributed by atoms with Gasteiger partial charge in [0.15, 0.2) is 0 Å². The highest BCUT2D eigenvalue weighted by Crippen LogP contribution is 2.24. The number of likely N-dealkylation sites (N-methyl/N-ethyl adjacent to an activating group) is 1. The van der Waals surface area contributed by atoms with Crippen molar-refractivity contribution in [3.05, 3.63) is 21.3 Å². The maximum absolute atomic E-state index is 5.93. The quantitative estimate of drug-likeness (QED) is 0.849. The Labute approximate surface area is 107 Å². The Morgan fingerprint density at radius 3 is 2.50 bits per heavy atom. The molecule has 0 saturated heterocycles. The number of methoxy groups -OCH3 is 1. The first-order valence-electron chi connectivity index (χ1n) is 5.52. The second-order valence-corrected chi connectivity index (χ2v) is 6.05. The van der Waals surface area contributed by atoms with Gasteiger partial charge >= 0.3 is 0 Å². The molecule has 0 radical (unpaired) electrons. The normalized spacial score (nSPS) is 15.4. The Bertz CT molecular complexity index is 314. The lowest BCUT2D eigenvalue weighted by Crippen LogP contribution is -2.43. The Hall–Kier alpha value is -0.0900. The predicted octanol–water partition coefficient (Wildman–Crippen LogP) is 3.20. The van der Waals surface area contributed by atoms with Gasteiger partial charge in [-0.1, -0.05) is 25.4 Å². The summed E-state index contributed by atoms with van der Waals surface area (Å²) in [6.07, 6.45) is 1.19. The summed E-state index contributed by atoms with van der Waals surface area (Å²) < 4.78 is 6.40. The third-order valence-corrected chi connectivity index (χ3v) is 4.00. The molecule has 0 saturated carbocycles. The number of hydrogen-bond donors (Lipinski definition) is 1. The van der Waals surface area contributed by atoms with Crippen LogP contribution >= 0.6 is 22.9 Å². The molecule has 1 rings (SSSR count). The molecule has 0 amide bonds. The smallest absolute Gasteiger partial charge is 0.0931 e. The van der Waals surface area contributed by atoms with Crippen LogP contribution in [-0.4, -0.2) is 26.3 Å². The van der Waals surface area contributed by atoms with Crippen molar-refractivity contribution in [3.8, 4) is 0 Å². The van der Waals surface area contributed by atoms with Crippen LogP contribution in [0.25, 0.3) is 0 Å². The third-order valence-electron chi connectivity index (χ3n) is 2.75. The van der Waals surface area contributed by atoms with E-state index in [2.05, 4.69) is 25.2 Å². The van der Waals surface area contributed by atoms with Crippen molar-refractivity contribution >= 4 is 22.9 Å². The van der Waals surface area contributed by atoms with Crippen LogP contribution in [0.3, 0.4) is 0 Å². The van der Waals surface area contributed by atoms with Crippen LogP contribution in [0.4, 0.5) is 0 Å². The standard InChI is InChI=1S/C12H20ClNOS/c1-8(2)12(15-4)10(14-3)7-9-5-6-11(13)16-9/h5-6,8,10,12,14H,7H2,1-4H3. The first-order valence-corrected chi connectivity index (χ1v) is 6.72. The number of ether oxygens (including phenoxy) is 1. The number of halogens is 1. The van der Waals surface area contributed by atoms with Crippen LogP contribution in [0.1, 0.15) is 18.7 Å². The molecule has 1 aromatic rings. The van der Waals surface area contributed by atoms with Crippen molar-refractivity contribution < 1.29 is 4.74 Å². The van der Waals surface area contributed by atoms with Gasteiger partial charge in [-0.05, 0) is 31.5 Å². The summed E-state index contributed by atoms with van der Waals surface area (Å²) in [5.74, 6) is 0.498. The highest BCUT2D eigenvalue weighted by molar-refractivity contribution is 7.16. The van der Waals surface area contributed by atoms with Crippen LogP contribution in [0.5, 0.6) is 0 Å². The maximum Gasteiger partial charge on any atom is 0.0931 e. The summed E-state index contributed by atoms with van der Waals surface area (Å²) in [6.45, 7) is 4.36. The summed E-state index contributed by atoms with van der Waals surface area (Å²) in [4.78, 5) is 1.30. The third kappa shape index (κ3) is 3.74. The summed E-state index contributed by atoms with van der Waals surface area (Å²) in [6, 6.07) is 4.37. The lowest BCUT2D eigenvalue weighted by atomic mass is 9.96. The molecule has 4 heteroatoms. The molecule has 0 aliphatic rings. The molecule has 92 valence electrons. The molecule has 0 aliphatic carbocycles. The van der Waals surface area contributed by atoms with E-state index in [1.807, 2.05) is 13.1 Å². The second-order valence-electron chi connectivity index (χ2n) is 4.25. The predicted molar refractivity (Wildman–Crippen MR) is 71.5 cm³/mol. The Kier molecular flexibility index (Phi) is 5.76. The minimum Gasteiger partial charge on any atom is -0.380 e. The molecule has 0 aliphatic heterocycles.